The third-order valence-electron chi connectivity index (χ3n) is 3.82. The van der Waals surface area contributed by atoms with E-state index in [0.29, 0.717) is 24.0 Å². The van der Waals surface area contributed by atoms with Crippen LogP contribution in [0.25, 0.3) is 0 Å². The van der Waals surface area contributed by atoms with E-state index in [1.165, 1.54) is 6.07 Å². The predicted octanol–water partition coefficient (Wildman–Crippen LogP) is 3.10. The number of alkyl halides is 3. The molecule has 0 amide bonds. The van der Waals surface area contributed by atoms with E-state index in [-0.39, 0.29) is 6.04 Å². The van der Waals surface area contributed by atoms with Crippen LogP contribution in [0.4, 0.5) is 13.2 Å². The Morgan fingerprint density at radius 1 is 1.37 bits per heavy atom. The van der Waals surface area contributed by atoms with Gasteiger partial charge in [0.05, 0.1) is 11.2 Å². The minimum Gasteiger partial charge on any atom is -0.385 e. The van der Waals surface area contributed by atoms with Gasteiger partial charge < -0.3 is 10.8 Å². The van der Waals surface area contributed by atoms with Crippen molar-refractivity contribution in [1.29, 1.82) is 0 Å². The first-order valence-corrected chi connectivity index (χ1v) is 6.39. The highest BCUT2D eigenvalue weighted by Gasteiger charge is 2.37. The van der Waals surface area contributed by atoms with Crippen molar-refractivity contribution in [3.63, 3.8) is 0 Å². The number of aryl methyl sites for hydroxylation is 1. The van der Waals surface area contributed by atoms with E-state index < -0.39 is 17.3 Å². The molecular weight excluding hydrogens is 255 g/mol. The molecule has 19 heavy (non-hydrogen) atoms. The van der Waals surface area contributed by atoms with Crippen molar-refractivity contribution >= 4 is 0 Å². The fourth-order valence-electron chi connectivity index (χ4n) is 2.90. The molecule has 1 saturated carbocycles. The van der Waals surface area contributed by atoms with Gasteiger partial charge in [0, 0.05) is 6.04 Å². The second-order valence-electron chi connectivity index (χ2n) is 5.42. The smallest absolute Gasteiger partial charge is 0.385 e. The third-order valence-corrected chi connectivity index (χ3v) is 3.82. The molecule has 0 radical (unpaired) electrons. The van der Waals surface area contributed by atoms with Gasteiger partial charge in [0.25, 0.3) is 0 Å². The quantitative estimate of drug-likeness (QED) is 0.826. The molecule has 1 aliphatic rings. The lowest BCUT2D eigenvalue weighted by Crippen LogP contribution is -2.39. The zero-order valence-electron chi connectivity index (χ0n) is 10.8. The van der Waals surface area contributed by atoms with E-state index >= 15 is 0 Å². The maximum Gasteiger partial charge on any atom is 0.416 e. The molecule has 1 fully saturated rings. The number of benzene rings is 1. The van der Waals surface area contributed by atoms with Crippen molar-refractivity contribution in [3.8, 4) is 0 Å². The van der Waals surface area contributed by atoms with Gasteiger partial charge in [-0.15, -0.1) is 0 Å². The molecule has 0 spiro atoms. The highest BCUT2D eigenvalue weighted by molar-refractivity contribution is 5.36. The Balaban J connectivity index is 2.35. The molecule has 5 heteroatoms. The zero-order chi connectivity index (χ0) is 14.3. The molecule has 2 rings (SSSR count). The summed E-state index contributed by atoms with van der Waals surface area (Å²) in [7, 11) is 0. The summed E-state index contributed by atoms with van der Waals surface area (Å²) in [6, 6.07) is 3.41. The number of rotatable bonds is 1. The second-order valence-corrected chi connectivity index (χ2v) is 5.42. The molecule has 2 nitrogen and oxygen atoms in total. The van der Waals surface area contributed by atoms with Crippen LogP contribution in [0.1, 0.15) is 42.4 Å². The summed E-state index contributed by atoms with van der Waals surface area (Å²) in [6.45, 7) is 1.60. The minimum atomic E-state index is -4.35. The van der Waals surface area contributed by atoms with Gasteiger partial charge in [-0.25, -0.2) is 0 Å². The predicted molar refractivity (Wildman–Crippen MR) is 66.5 cm³/mol. The van der Waals surface area contributed by atoms with E-state index in [1.807, 2.05) is 0 Å². The van der Waals surface area contributed by atoms with Crippen LogP contribution in [0.15, 0.2) is 18.2 Å². The molecule has 106 valence electrons. The summed E-state index contributed by atoms with van der Waals surface area (Å²) >= 11 is 0. The molecule has 2 unspecified atom stereocenters. The van der Waals surface area contributed by atoms with Crippen molar-refractivity contribution in [3.05, 3.63) is 34.9 Å². The molecule has 1 aliphatic carbocycles. The highest BCUT2D eigenvalue weighted by atomic mass is 19.4. The topological polar surface area (TPSA) is 46.2 Å². The van der Waals surface area contributed by atoms with Gasteiger partial charge in [0.2, 0.25) is 0 Å². The van der Waals surface area contributed by atoms with E-state index in [2.05, 4.69) is 0 Å². The van der Waals surface area contributed by atoms with Crippen molar-refractivity contribution < 1.29 is 18.3 Å². The summed E-state index contributed by atoms with van der Waals surface area (Å²) in [5.74, 6) is 0. The average molecular weight is 273 g/mol. The second kappa shape index (κ2) is 4.80. The highest BCUT2D eigenvalue weighted by Crippen LogP contribution is 2.39. The van der Waals surface area contributed by atoms with Gasteiger partial charge in [-0.1, -0.05) is 6.07 Å². The van der Waals surface area contributed by atoms with E-state index in [4.69, 9.17) is 5.73 Å². The summed E-state index contributed by atoms with van der Waals surface area (Å²) < 4.78 is 37.9. The molecule has 1 aromatic rings. The Hall–Kier alpha value is -1.07. The molecule has 0 bridgehead atoms. The molecule has 0 aromatic heterocycles. The Morgan fingerprint density at radius 3 is 2.58 bits per heavy atom. The number of aliphatic hydroxyl groups is 1. The monoisotopic (exact) mass is 273 g/mol. The maximum atomic E-state index is 12.6. The lowest BCUT2D eigenvalue weighted by atomic mass is 9.76. The van der Waals surface area contributed by atoms with Crippen LogP contribution >= 0.6 is 0 Å². The molecule has 0 saturated heterocycles. The van der Waals surface area contributed by atoms with Crippen LogP contribution in [-0.2, 0) is 11.8 Å². The number of halogens is 3. The fraction of sp³-hybridized carbons (Fsp3) is 0.571. The van der Waals surface area contributed by atoms with Crippen molar-refractivity contribution in [2.75, 3.05) is 0 Å². The average Bonchev–Trinajstić information content (AvgIpc) is 2.26. The largest absolute Gasteiger partial charge is 0.416 e. The lowest BCUT2D eigenvalue weighted by molar-refractivity contribution is -0.137. The van der Waals surface area contributed by atoms with Crippen LogP contribution in [-0.4, -0.2) is 11.1 Å². The lowest BCUT2D eigenvalue weighted by Gasteiger charge is -2.37. The van der Waals surface area contributed by atoms with Gasteiger partial charge in [-0.05, 0) is 55.9 Å². The van der Waals surface area contributed by atoms with Crippen LogP contribution in [0.3, 0.4) is 0 Å². The number of hydrogen-bond donors (Lipinski definition) is 2. The summed E-state index contributed by atoms with van der Waals surface area (Å²) in [4.78, 5) is 0. The molecule has 2 atom stereocenters. The fourth-order valence-corrected chi connectivity index (χ4v) is 2.90. The first-order valence-electron chi connectivity index (χ1n) is 6.39. The van der Waals surface area contributed by atoms with E-state index in [0.717, 1.165) is 25.0 Å². The minimum absolute atomic E-state index is 0.0968. The van der Waals surface area contributed by atoms with Gasteiger partial charge in [0.1, 0.15) is 0 Å². The zero-order valence-corrected chi connectivity index (χ0v) is 10.8. The summed E-state index contributed by atoms with van der Waals surface area (Å²) in [6.07, 6.45) is -1.76. The molecular formula is C14H18F3NO. The van der Waals surface area contributed by atoms with Crippen LogP contribution in [0.2, 0.25) is 0 Å². The standard InChI is InChI=1S/C14H18F3NO/c1-9-7-10(14(15,16)17)4-5-12(9)13(19)6-2-3-11(18)8-13/h4-5,7,11,19H,2-3,6,8,18H2,1H3. The van der Waals surface area contributed by atoms with Gasteiger partial charge in [-0.3, -0.25) is 0 Å². The van der Waals surface area contributed by atoms with Crippen molar-refractivity contribution in [1.82, 2.24) is 0 Å². The maximum absolute atomic E-state index is 12.6. The van der Waals surface area contributed by atoms with Crippen LogP contribution in [0.5, 0.6) is 0 Å². The summed E-state index contributed by atoms with van der Waals surface area (Å²) in [5.41, 5.74) is 5.11. The Kier molecular flexibility index (Phi) is 3.62. The van der Waals surface area contributed by atoms with Gasteiger partial charge in [0.15, 0.2) is 0 Å². The third kappa shape index (κ3) is 2.92. The molecule has 0 aliphatic heterocycles. The van der Waals surface area contributed by atoms with Crippen LogP contribution < -0.4 is 5.73 Å². The van der Waals surface area contributed by atoms with Crippen molar-refractivity contribution in [2.45, 2.75) is 50.4 Å². The first-order chi connectivity index (χ1) is 8.72. The van der Waals surface area contributed by atoms with Crippen molar-refractivity contribution in [2.24, 2.45) is 5.73 Å². The Morgan fingerprint density at radius 2 is 2.05 bits per heavy atom. The normalized spacial score (nSPS) is 28.4. The number of hydrogen-bond acceptors (Lipinski definition) is 2. The van der Waals surface area contributed by atoms with E-state index in [1.54, 1.807) is 6.92 Å². The van der Waals surface area contributed by atoms with Gasteiger partial charge in [-0.2, -0.15) is 13.2 Å². The molecule has 3 N–H and O–H groups in total. The SMILES string of the molecule is Cc1cc(C(F)(F)F)ccc1C1(O)CCCC(N)C1. The Bertz CT molecular complexity index is 472. The van der Waals surface area contributed by atoms with Crippen LogP contribution in [0, 0.1) is 6.92 Å². The number of nitrogens with two attached hydrogens (primary N) is 1. The first kappa shape index (κ1) is 14.3. The van der Waals surface area contributed by atoms with Gasteiger partial charge >= 0.3 is 6.18 Å². The summed E-state index contributed by atoms with van der Waals surface area (Å²) in [5, 5.41) is 10.6. The molecule has 1 aromatic carbocycles. The van der Waals surface area contributed by atoms with E-state index in [9.17, 15) is 18.3 Å². The molecule has 0 heterocycles. The Labute approximate surface area is 110 Å².